The molecule has 4 nitrogen and oxygen atoms in total. The summed E-state index contributed by atoms with van der Waals surface area (Å²) in [5.41, 5.74) is 3.67. The second-order valence-electron chi connectivity index (χ2n) is 4.69. The normalized spacial score (nSPS) is 12.6. The van der Waals surface area contributed by atoms with E-state index in [-0.39, 0.29) is 6.04 Å². The second kappa shape index (κ2) is 6.48. The zero-order valence-corrected chi connectivity index (χ0v) is 11.9. The Morgan fingerprint density at radius 1 is 1.37 bits per heavy atom. The molecule has 0 spiro atoms. The van der Waals surface area contributed by atoms with Gasteiger partial charge in [-0.1, -0.05) is 13.0 Å². The Balaban J connectivity index is 1.98. The van der Waals surface area contributed by atoms with Crippen LogP contribution in [0.5, 0.6) is 0 Å². The molecule has 0 aliphatic heterocycles. The molecule has 1 unspecified atom stereocenters. The number of aryl methyl sites for hydroxylation is 2. The lowest BCUT2D eigenvalue weighted by Crippen LogP contribution is -2.19. The van der Waals surface area contributed by atoms with Crippen molar-refractivity contribution >= 4 is 0 Å². The van der Waals surface area contributed by atoms with Gasteiger partial charge in [-0.2, -0.15) is 5.10 Å². The molecule has 1 atom stereocenters. The molecule has 0 bridgehead atoms. The van der Waals surface area contributed by atoms with E-state index in [1.54, 1.807) is 0 Å². The maximum atomic E-state index is 4.45. The highest BCUT2D eigenvalue weighted by Crippen LogP contribution is 2.13. The molecule has 0 amide bonds. The van der Waals surface area contributed by atoms with Crippen LogP contribution < -0.4 is 5.32 Å². The van der Waals surface area contributed by atoms with Crippen molar-refractivity contribution in [2.24, 2.45) is 0 Å². The van der Waals surface area contributed by atoms with Crippen molar-refractivity contribution in [3.63, 3.8) is 0 Å². The topological polar surface area (TPSA) is 42.7 Å². The standard InChI is InChI=1S/C15H22N4/c1-4-13-7-6-8-16-15(13)10-17-12(3)14-9-18-19(5-2)11-14/h6-9,11-12,17H,4-5,10H2,1-3H3. The summed E-state index contributed by atoms with van der Waals surface area (Å²) in [5, 5.41) is 7.82. The number of hydrogen-bond donors (Lipinski definition) is 1. The minimum atomic E-state index is 0.284. The van der Waals surface area contributed by atoms with Crippen LogP contribution in [0.2, 0.25) is 0 Å². The van der Waals surface area contributed by atoms with Gasteiger partial charge >= 0.3 is 0 Å². The Bertz CT molecular complexity index is 518. The molecule has 0 aliphatic rings. The third-order valence-corrected chi connectivity index (χ3v) is 3.42. The molecule has 0 saturated heterocycles. The van der Waals surface area contributed by atoms with Crippen LogP contribution in [-0.2, 0) is 19.5 Å². The first kappa shape index (κ1) is 13.7. The highest BCUT2D eigenvalue weighted by Gasteiger charge is 2.09. The molecule has 0 saturated carbocycles. The fourth-order valence-corrected chi connectivity index (χ4v) is 2.10. The molecule has 2 rings (SSSR count). The highest BCUT2D eigenvalue weighted by molar-refractivity contribution is 5.20. The number of pyridine rings is 1. The van der Waals surface area contributed by atoms with Crippen molar-refractivity contribution in [3.8, 4) is 0 Å². The molecule has 2 aromatic rings. The van der Waals surface area contributed by atoms with Gasteiger partial charge in [-0.15, -0.1) is 0 Å². The van der Waals surface area contributed by atoms with Gasteiger partial charge < -0.3 is 5.32 Å². The Kier molecular flexibility index (Phi) is 4.68. The molecule has 2 heterocycles. The maximum absolute atomic E-state index is 4.45. The lowest BCUT2D eigenvalue weighted by atomic mass is 10.1. The Labute approximate surface area is 114 Å². The van der Waals surface area contributed by atoms with Crippen molar-refractivity contribution in [2.75, 3.05) is 0 Å². The van der Waals surface area contributed by atoms with E-state index >= 15 is 0 Å². The van der Waals surface area contributed by atoms with E-state index < -0.39 is 0 Å². The van der Waals surface area contributed by atoms with E-state index in [1.165, 1.54) is 11.1 Å². The van der Waals surface area contributed by atoms with Gasteiger partial charge in [0.15, 0.2) is 0 Å². The van der Waals surface area contributed by atoms with E-state index in [9.17, 15) is 0 Å². The van der Waals surface area contributed by atoms with E-state index in [0.717, 1.165) is 25.2 Å². The lowest BCUT2D eigenvalue weighted by molar-refractivity contribution is 0.563. The van der Waals surface area contributed by atoms with E-state index in [4.69, 9.17) is 0 Å². The van der Waals surface area contributed by atoms with E-state index in [0.29, 0.717) is 0 Å². The minimum absolute atomic E-state index is 0.284. The van der Waals surface area contributed by atoms with Crippen molar-refractivity contribution in [1.29, 1.82) is 0 Å². The van der Waals surface area contributed by atoms with Gasteiger partial charge in [-0.25, -0.2) is 0 Å². The summed E-state index contributed by atoms with van der Waals surface area (Å²) in [6.45, 7) is 8.12. The number of nitrogens with one attached hydrogen (secondary N) is 1. The van der Waals surface area contributed by atoms with Crippen LogP contribution in [0.15, 0.2) is 30.7 Å². The predicted octanol–water partition coefficient (Wildman–Crippen LogP) is 2.71. The zero-order valence-electron chi connectivity index (χ0n) is 11.9. The fourth-order valence-electron chi connectivity index (χ4n) is 2.10. The van der Waals surface area contributed by atoms with Crippen molar-refractivity contribution < 1.29 is 0 Å². The third-order valence-electron chi connectivity index (χ3n) is 3.42. The van der Waals surface area contributed by atoms with Crippen molar-refractivity contribution in [2.45, 2.75) is 46.3 Å². The van der Waals surface area contributed by atoms with Crippen LogP contribution >= 0.6 is 0 Å². The molecule has 1 N–H and O–H groups in total. The first-order valence-corrected chi connectivity index (χ1v) is 6.93. The van der Waals surface area contributed by atoms with E-state index in [1.807, 2.05) is 23.1 Å². The molecule has 102 valence electrons. The van der Waals surface area contributed by atoms with Gasteiger partial charge in [0.1, 0.15) is 0 Å². The van der Waals surface area contributed by atoms with Gasteiger partial charge in [-0.3, -0.25) is 9.67 Å². The zero-order chi connectivity index (χ0) is 13.7. The smallest absolute Gasteiger partial charge is 0.0573 e. The van der Waals surface area contributed by atoms with Crippen LogP contribution in [0.1, 0.15) is 43.6 Å². The van der Waals surface area contributed by atoms with Crippen LogP contribution in [0.3, 0.4) is 0 Å². The summed E-state index contributed by atoms with van der Waals surface area (Å²) >= 11 is 0. The largest absolute Gasteiger partial charge is 0.304 e. The SMILES string of the molecule is CCc1cccnc1CNC(C)c1cnn(CC)c1. The van der Waals surface area contributed by atoms with Gasteiger partial charge in [0.05, 0.1) is 11.9 Å². The molecule has 2 aromatic heterocycles. The summed E-state index contributed by atoms with van der Waals surface area (Å²) in [4.78, 5) is 4.45. The average Bonchev–Trinajstić information content (AvgIpc) is 2.94. The van der Waals surface area contributed by atoms with Gasteiger partial charge in [0, 0.05) is 37.1 Å². The van der Waals surface area contributed by atoms with Crippen LogP contribution in [-0.4, -0.2) is 14.8 Å². The number of nitrogens with zero attached hydrogens (tertiary/aromatic N) is 3. The monoisotopic (exact) mass is 258 g/mol. The first-order valence-electron chi connectivity index (χ1n) is 6.93. The summed E-state index contributed by atoms with van der Waals surface area (Å²) in [5.74, 6) is 0. The summed E-state index contributed by atoms with van der Waals surface area (Å²) in [6.07, 6.45) is 6.90. The van der Waals surface area contributed by atoms with Gasteiger partial charge in [-0.05, 0) is 31.9 Å². The van der Waals surface area contributed by atoms with Crippen LogP contribution in [0.4, 0.5) is 0 Å². The molecule has 19 heavy (non-hydrogen) atoms. The molecule has 0 fully saturated rings. The molecular formula is C15H22N4. The fraction of sp³-hybridized carbons (Fsp3) is 0.467. The first-order chi connectivity index (χ1) is 9.24. The third kappa shape index (κ3) is 3.41. The van der Waals surface area contributed by atoms with Crippen LogP contribution in [0, 0.1) is 0 Å². The maximum Gasteiger partial charge on any atom is 0.0573 e. The predicted molar refractivity (Wildman–Crippen MR) is 76.8 cm³/mol. The summed E-state index contributed by atoms with van der Waals surface area (Å²) in [6, 6.07) is 4.42. The quantitative estimate of drug-likeness (QED) is 0.866. The number of hydrogen-bond acceptors (Lipinski definition) is 3. The van der Waals surface area contributed by atoms with Crippen LogP contribution in [0.25, 0.3) is 0 Å². The Morgan fingerprint density at radius 3 is 2.89 bits per heavy atom. The van der Waals surface area contributed by atoms with Gasteiger partial charge in [0.2, 0.25) is 0 Å². The van der Waals surface area contributed by atoms with E-state index in [2.05, 4.69) is 48.4 Å². The summed E-state index contributed by atoms with van der Waals surface area (Å²) in [7, 11) is 0. The van der Waals surface area contributed by atoms with Gasteiger partial charge in [0.25, 0.3) is 0 Å². The highest BCUT2D eigenvalue weighted by atomic mass is 15.3. The Morgan fingerprint density at radius 2 is 2.21 bits per heavy atom. The number of aromatic nitrogens is 3. The second-order valence-corrected chi connectivity index (χ2v) is 4.69. The molecular weight excluding hydrogens is 236 g/mol. The molecule has 0 aromatic carbocycles. The van der Waals surface area contributed by atoms with Crippen molar-refractivity contribution in [1.82, 2.24) is 20.1 Å². The average molecular weight is 258 g/mol. The van der Waals surface area contributed by atoms with Crippen molar-refractivity contribution in [3.05, 3.63) is 47.5 Å². The Hall–Kier alpha value is -1.68. The molecule has 0 radical (unpaired) electrons. The number of rotatable bonds is 6. The lowest BCUT2D eigenvalue weighted by Gasteiger charge is -2.13. The summed E-state index contributed by atoms with van der Waals surface area (Å²) < 4.78 is 1.95. The molecule has 4 heteroatoms. The molecule has 0 aliphatic carbocycles. The minimum Gasteiger partial charge on any atom is -0.304 e.